The fourth-order valence-electron chi connectivity index (χ4n) is 2.63. The van der Waals surface area contributed by atoms with E-state index in [9.17, 15) is 4.79 Å². The molecule has 1 atom stereocenters. The average Bonchev–Trinajstić information content (AvgIpc) is 3.14. The average molecular weight is 316 g/mol. The van der Waals surface area contributed by atoms with Gasteiger partial charge in [-0.2, -0.15) is 0 Å². The molecule has 23 heavy (non-hydrogen) atoms. The van der Waals surface area contributed by atoms with Crippen LogP contribution in [0, 0.1) is 5.92 Å². The van der Waals surface area contributed by atoms with E-state index in [1.807, 2.05) is 25.1 Å². The third kappa shape index (κ3) is 3.47. The third-order valence-corrected chi connectivity index (χ3v) is 3.60. The Hall–Kier alpha value is -2.50. The Balaban J connectivity index is 1.71. The molecule has 6 nitrogen and oxygen atoms in total. The maximum Gasteiger partial charge on any atom is 0.273 e. The monoisotopic (exact) mass is 316 g/mol. The Morgan fingerprint density at radius 2 is 2.00 bits per heavy atom. The largest absolute Gasteiger partial charge is 0.454 e. The summed E-state index contributed by atoms with van der Waals surface area (Å²) < 4.78 is 15.9. The minimum Gasteiger partial charge on any atom is -0.454 e. The molecule has 0 saturated heterocycles. The summed E-state index contributed by atoms with van der Waals surface area (Å²) in [5.74, 6) is 2.18. The van der Waals surface area contributed by atoms with Gasteiger partial charge in [0.2, 0.25) is 6.79 Å². The molecule has 1 aromatic carbocycles. The summed E-state index contributed by atoms with van der Waals surface area (Å²) in [6.07, 6.45) is 0.915. The van der Waals surface area contributed by atoms with Crippen LogP contribution in [-0.2, 0) is 0 Å². The molecule has 2 heterocycles. The lowest BCUT2D eigenvalue weighted by Gasteiger charge is -2.14. The van der Waals surface area contributed by atoms with Crippen molar-refractivity contribution < 1.29 is 18.8 Å². The Kier molecular flexibility index (Phi) is 4.23. The van der Waals surface area contributed by atoms with Gasteiger partial charge in [0, 0.05) is 17.7 Å². The quantitative estimate of drug-likeness (QED) is 0.916. The lowest BCUT2D eigenvalue weighted by molar-refractivity contribution is 0.0927. The van der Waals surface area contributed by atoms with Gasteiger partial charge in [-0.05, 0) is 37.5 Å². The Morgan fingerprint density at radius 3 is 2.78 bits per heavy atom. The van der Waals surface area contributed by atoms with Crippen LogP contribution in [0.4, 0.5) is 0 Å². The van der Waals surface area contributed by atoms with E-state index in [-0.39, 0.29) is 24.4 Å². The van der Waals surface area contributed by atoms with Gasteiger partial charge < -0.3 is 19.3 Å². The molecule has 1 N–H and O–H groups in total. The second-order valence-corrected chi connectivity index (χ2v) is 6.15. The Bertz CT molecular complexity index is 708. The fourth-order valence-corrected chi connectivity index (χ4v) is 2.63. The van der Waals surface area contributed by atoms with Crippen molar-refractivity contribution in [1.29, 1.82) is 0 Å². The van der Waals surface area contributed by atoms with Gasteiger partial charge >= 0.3 is 0 Å². The van der Waals surface area contributed by atoms with Crippen molar-refractivity contribution in [3.63, 3.8) is 0 Å². The number of hydrogen-bond acceptors (Lipinski definition) is 5. The second-order valence-electron chi connectivity index (χ2n) is 6.15. The van der Waals surface area contributed by atoms with Crippen LogP contribution in [0.3, 0.4) is 0 Å². The Labute approximate surface area is 134 Å². The van der Waals surface area contributed by atoms with Crippen molar-refractivity contribution in [2.75, 3.05) is 6.79 Å². The lowest BCUT2D eigenvalue weighted by atomic mass is 10.1. The summed E-state index contributed by atoms with van der Waals surface area (Å²) in [6, 6.07) is 7.19. The van der Waals surface area contributed by atoms with Crippen LogP contribution >= 0.6 is 0 Å². The molecule has 6 heteroatoms. The van der Waals surface area contributed by atoms with Gasteiger partial charge in [0.05, 0.1) is 0 Å². The first-order chi connectivity index (χ1) is 11.0. The summed E-state index contributed by atoms with van der Waals surface area (Å²) in [7, 11) is 0. The van der Waals surface area contributed by atoms with E-state index < -0.39 is 0 Å². The van der Waals surface area contributed by atoms with Crippen molar-refractivity contribution in [3.8, 4) is 22.8 Å². The second kappa shape index (κ2) is 6.32. The zero-order valence-corrected chi connectivity index (χ0v) is 13.5. The van der Waals surface area contributed by atoms with Crippen LogP contribution in [0.15, 0.2) is 28.8 Å². The van der Waals surface area contributed by atoms with E-state index in [2.05, 4.69) is 24.3 Å². The predicted octanol–water partition coefficient (Wildman–Crippen LogP) is 3.23. The van der Waals surface area contributed by atoms with Gasteiger partial charge in [0.1, 0.15) is 0 Å². The molecule has 0 aliphatic carbocycles. The van der Waals surface area contributed by atoms with Gasteiger partial charge in [-0.15, -0.1) is 0 Å². The van der Waals surface area contributed by atoms with Gasteiger partial charge in [-0.3, -0.25) is 4.79 Å². The minimum atomic E-state index is -0.228. The molecule has 1 aliphatic rings. The van der Waals surface area contributed by atoms with Crippen molar-refractivity contribution >= 4 is 5.91 Å². The van der Waals surface area contributed by atoms with Crippen LogP contribution in [0.5, 0.6) is 11.5 Å². The number of ether oxygens (including phenoxy) is 2. The predicted molar refractivity (Wildman–Crippen MR) is 84.4 cm³/mol. The number of benzene rings is 1. The van der Waals surface area contributed by atoms with Crippen LogP contribution in [-0.4, -0.2) is 23.9 Å². The Morgan fingerprint density at radius 1 is 1.22 bits per heavy atom. The highest BCUT2D eigenvalue weighted by molar-refractivity contribution is 5.93. The number of rotatable bonds is 5. The molecule has 122 valence electrons. The van der Waals surface area contributed by atoms with E-state index >= 15 is 0 Å². The molecule has 0 bridgehead atoms. The van der Waals surface area contributed by atoms with Gasteiger partial charge in [0.25, 0.3) is 5.91 Å². The molecular formula is C17H20N2O4. The van der Waals surface area contributed by atoms with E-state index in [4.69, 9.17) is 14.0 Å². The summed E-state index contributed by atoms with van der Waals surface area (Å²) in [5, 5.41) is 6.79. The molecule has 1 aromatic heterocycles. The zero-order chi connectivity index (χ0) is 16.4. The number of nitrogens with zero attached hydrogens (tertiary/aromatic N) is 1. The maximum atomic E-state index is 12.2. The minimum absolute atomic E-state index is 0.0909. The van der Waals surface area contributed by atoms with E-state index in [0.717, 1.165) is 12.0 Å². The smallest absolute Gasteiger partial charge is 0.273 e. The molecular weight excluding hydrogens is 296 g/mol. The van der Waals surface area contributed by atoms with E-state index in [0.29, 0.717) is 23.2 Å². The molecule has 2 aromatic rings. The van der Waals surface area contributed by atoms with Crippen LogP contribution in [0.1, 0.15) is 37.7 Å². The summed E-state index contributed by atoms with van der Waals surface area (Å²) in [5.41, 5.74) is 1.06. The van der Waals surface area contributed by atoms with Crippen molar-refractivity contribution in [2.45, 2.75) is 33.2 Å². The zero-order valence-electron chi connectivity index (χ0n) is 13.5. The number of fused-ring (bicyclic) bond motifs is 1. The van der Waals surface area contributed by atoms with Crippen molar-refractivity contribution in [3.05, 3.63) is 30.0 Å². The lowest BCUT2D eigenvalue weighted by Crippen LogP contribution is -2.33. The number of aromatic nitrogens is 1. The third-order valence-electron chi connectivity index (χ3n) is 3.60. The van der Waals surface area contributed by atoms with Gasteiger partial charge in [0.15, 0.2) is 23.0 Å². The van der Waals surface area contributed by atoms with E-state index in [1.165, 1.54) is 0 Å². The fraction of sp³-hybridized carbons (Fsp3) is 0.412. The number of amides is 1. The summed E-state index contributed by atoms with van der Waals surface area (Å²) in [4.78, 5) is 12.2. The first kappa shape index (κ1) is 15.4. The summed E-state index contributed by atoms with van der Waals surface area (Å²) in [6.45, 7) is 6.44. The van der Waals surface area contributed by atoms with Crippen LogP contribution < -0.4 is 14.8 Å². The highest BCUT2D eigenvalue weighted by Gasteiger charge is 2.19. The van der Waals surface area contributed by atoms with Crippen LogP contribution in [0.2, 0.25) is 0 Å². The SMILES string of the molecule is CC(C)C[C@H](C)NC(=O)c1cc(-c2ccc3c(c2)OCO3)on1. The molecule has 0 saturated carbocycles. The highest BCUT2D eigenvalue weighted by atomic mass is 16.7. The van der Waals surface area contributed by atoms with Crippen LogP contribution in [0.25, 0.3) is 11.3 Å². The van der Waals surface area contributed by atoms with Gasteiger partial charge in [-0.25, -0.2) is 0 Å². The first-order valence-electron chi connectivity index (χ1n) is 7.70. The standard InChI is InChI=1S/C17H20N2O4/c1-10(2)6-11(3)18-17(20)13-8-15(23-19-13)12-4-5-14-16(7-12)22-9-21-14/h4-5,7-8,10-11H,6,9H2,1-3H3,(H,18,20)/t11-/m0/s1. The van der Waals surface area contributed by atoms with E-state index in [1.54, 1.807) is 6.07 Å². The van der Waals surface area contributed by atoms with Gasteiger partial charge in [-0.1, -0.05) is 19.0 Å². The molecule has 0 radical (unpaired) electrons. The maximum absolute atomic E-state index is 12.2. The molecule has 1 amide bonds. The molecule has 3 rings (SSSR count). The molecule has 0 spiro atoms. The number of carbonyl (C=O) groups excluding carboxylic acids is 1. The molecule has 0 fully saturated rings. The normalized spacial score (nSPS) is 14.1. The first-order valence-corrected chi connectivity index (χ1v) is 7.70. The number of nitrogens with one attached hydrogen (secondary N) is 1. The molecule has 1 aliphatic heterocycles. The highest BCUT2D eigenvalue weighted by Crippen LogP contribution is 2.35. The summed E-state index contributed by atoms with van der Waals surface area (Å²) >= 11 is 0. The number of carbonyl (C=O) groups is 1. The molecule has 0 unspecified atom stereocenters. The van der Waals surface area contributed by atoms with Crippen molar-refractivity contribution in [1.82, 2.24) is 10.5 Å². The van der Waals surface area contributed by atoms with Crippen molar-refractivity contribution in [2.24, 2.45) is 5.92 Å². The number of hydrogen-bond donors (Lipinski definition) is 1. The topological polar surface area (TPSA) is 73.6 Å².